The number of aliphatic hydroxyl groups is 1. The van der Waals surface area contributed by atoms with Crippen LogP contribution in [0.2, 0.25) is 0 Å². The van der Waals surface area contributed by atoms with E-state index in [1.54, 1.807) is 0 Å². The van der Waals surface area contributed by atoms with Crippen LogP contribution in [0.4, 0.5) is 0 Å². The van der Waals surface area contributed by atoms with Gasteiger partial charge in [-0.2, -0.15) is 0 Å². The van der Waals surface area contributed by atoms with Gasteiger partial charge in [0, 0.05) is 0 Å². The van der Waals surface area contributed by atoms with Crippen molar-refractivity contribution in [3.63, 3.8) is 0 Å². The van der Waals surface area contributed by atoms with Crippen molar-refractivity contribution >= 4 is 0 Å². The van der Waals surface area contributed by atoms with Crippen LogP contribution in [0.5, 0.6) is 0 Å². The molecule has 0 aliphatic heterocycles. The third-order valence-corrected chi connectivity index (χ3v) is 3.29. The van der Waals surface area contributed by atoms with E-state index in [2.05, 4.69) is 32.9 Å². The van der Waals surface area contributed by atoms with Crippen molar-refractivity contribution in [2.24, 2.45) is 0 Å². The fourth-order valence-electron chi connectivity index (χ4n) is 2.67. The molecule has 1 aliphatic rings. The van der Waals surface area contributed by atoms with Crippen LogP contribution in [-0.2, 0) is 0 Å². The SMILES string of the molecule is Cc1cc(C)c2c(c1)[C@H](O)CCC2C. The predicted molar refractivity (Wildman–Crippen MR) is 58.5 cm³/mol. The smallest absolute Gasteiger partial charge is 0.0793 e. The highest BCUT2D eigenvalue weighted by atomic mass is 16.3. The van der Waals surface area contributed by atoms with Crippen LogP contribution in [0, 0.1) is 13.8 Å². The summed E-state index contributed by atoms with van der Waals surface area (Å²) in [7, 11) is 0. The molecule has 1 aliphatic carbocycles. The molecule has 1 nitrogen and oxygen atoms in total. The molecule has 0 aromatic heterocycles. The number of fused-ring (bicyclic) bond motifs is 1. The minimum Gasteiger partial charge on any atom is -0.388 e. The standard InChI is InChI=1S/C13H18O/c1-8-6-10(3)13-9(2)4-5-12(14)11(13)7-8/h6-7,9,12,14H,4-5H2,1-3H3/t9?,12-/m1/s1. The van der Waals surface area contributed by atoms with Crippen molar-refractivity contribution in [1.29, 1.82) is 0 Å². The monoisotopic (exact) mass is 190 g/mol. The number of aryl methyl sites for hydroxylation is 2. The Labute approximate surface area is 85.8 Å². The average molecular weight is 190 g/mol. The number of hydrogen-bond donors (Lipinski definition) is 1. The molecule has 0 spiro atoms. The summed E-state index contributed by atoms with van der Waals surface area (Å²) in [5.41, 5.74) is 5.15. The van der Waals surface area contributed by atoms with Gasteiger partial charge in [0.2, 0.25) is 0 Å². The highest BCUT2D eigenvalue weighted by Crippen LogP contribution is 2.39. The molecule has 14 heavy (non-hydrogen) atoms. The first-order valence-electron chi connectivity index (χ1n) is 5.38. The third kappa shape index (κ3) is 1.46. The molecule has 1 aromatic rings. The molecule has 2 rings (SSSR count). The second-order valence-electron chi connectivity index (χ2n) is 4.58. The van der Waals surface area contributed by atoms with Gasteiger partial charge in [0.15, 0.2) is 0 Å². The molecule has 0 amide bonds. The summed E-state index contributed by atoms with van der Waals surface area (Å²) >= 11 is 0. The van der Waals surface area contributed by atoms with Crippen molar-refractivity contribution in [2.75, 3.05) is 0 Å². The van der Waals surface area contributed by atoms with E-state index in [1.165, 1.54) is 22.3 Å². The molecular formula is C13H18O. The van der Waals surface area contributed by atoms with E-state index in [9.17, 15) is 5.11 Å². The van der Waals surface area contributed by atoms with E-state index >= 15 is 0 Å². The van der Waals surface area contributed by atoms with Crippen LogP contribution in [0.1, 0.15) is 54.0 Å². The largest absolute Gasteiger partial charge is 0.388 e. The van der Waals surface area contributed by atoms with E-state index in [4.69, 9.17) is 0 Å². The Morgan fingerprint density at radius 1 is 1.21 bits per heavy atom. The van der Waals surface area contributed by atoms with Crippen molar-refractivity contribution in [2.45, 2.75) is 45.6 Å². The zero-order valence-electron chi connectivity index (χ0n) is 9.17. The average Bonchev–Trinajstić information content (AvgIpc) is 2.10. The summed E-state index contributed by atoms with van der Waals surface area (Å²) in [4.78, 5) is 0. The van der Waals surface area contributed by atoms with E-state index < -0.39 is 0 Å². The molecule has 1 aromatic carbocycles. The lowest BCUT2D eigenvalue weighted by Gasteiger charge is -2.28. The zero-order chi connectivity index (χ0) is 10.3. The Morgan fingerprint density at radius 3 is 2.64 bits per heavy atom. The lowest BCUT2D eigenvalue weighted by atomic mass is 9.79. The Balaban J connectivity index is 2.60. The van der Waals surface area contributed by atoms with Gasteiger partial charge in [-0.3, -0.25) is 0 Å². The minimum absolute atomic E-state index is 0.236. The number of rotatable bonds is 0. The Bertz CT molecular complexity index is 354. The Kier molecular flexibility index (Phi) is 2.36. The molecule has 1 N–H and O–H groups in total. The van der Waals surface area contributed by atoms with Gasteiger partial charge in [-0.25, -0.2) is 0 Å². The first kappa shape index (κ1) is 9.72. The molecule has 1 heteroatoms. The van der Waals surface area contributed by atoms with Gasteiger partial charge in [-0.1, -0.05) is 24.6 Å². The highest BCUT2D eigenvalue weighted by molar-refractivity contribution is 5.43. The summed E-state index contributed by atoms with van der Waals surface area (Å²) in [6.07, 6.45) is 1.79. The number of aliphatic hydroxyl groups excluding tert-OH is 1. The summed E-state index contributed by atoms with van der Waals surface area (Å²) in [5, 5.41) is 9.93. The van der Waals surface area contributed by atoms with Crippen LogP contribution in [0.25, 0.3) is 0 Å². The second kappa shape index (κ2) is 3.39. The summed E-state index contributed by atoms with van der Waals surface area (Å²) in [5.74, 6) is 0.606. The van der Waals surface area contributed by atoms with Gasteiger partial charge >= 0.3 is 0 Å². The van der Waals surface area contributed by atoms with E-state index in [0.717, 1.165) is 12.8 Å². The zero-order valence-corrected chi connectivity index (χ0v) is 9.17. The highest BCUT2D eigenvalue weighted by Gasteiger charge is 2.24. The fourth-order valence-corrected chi connectivity index (χ4v) is 2.67. The van der Waals surface area contributed by atoms with E-state index in [1.807, 2.05) is 0 Å². The normalized spacial score (nSPS) is 26.0. The van der Waals surface area contributed by atoms with Crippen LogP contribution in [0.15, 0.2) is 12.1 Å². The maximum Gasteiger partial charge on any atom is 0.0793 e. The van der Waals surface area contributed by atoms with Crippen LogP contribution >= 0.6 is 0 Å². The molecule has 0 saturated carbocycles. The van der Waals surface area contributed by atoms with Crippen LogP contribution < -0.4 is 0 Å². The lowest BCUT2D eigenvalue weighted by Crippen LogP contribution is -2.14. The molecule has 0 heterocycles. The molecule has 0 fully saturated rings. The van der Waals surface area contributed by atoms with Crippen molar-refractivity contribution < 1.29 is 5.11 Å². The molecule has 0 radical (unpaired) electrons. The summed E-state index contributed by atoms with van der Waals surface area (Å²) in [6, 6.07) is 4.36. The lowest BCUT2D eigenvalue weighted by molar-refractivity contribution is 0.151. The summed E-state index contributed by atoms with van der Waals surface area (Å²) in [6.45, 7) is 6.51. The van der Waals surface area contributed by atoms with E-state index in [0.29, 0.717) is 5.92 Å². The van der Waals surface area contributed by atoms with Gasteiger partial charge in [-0.05, 0) is 49.3 Å². The van der Waals surface area contributed by atoms with Crippen LogP contribution in [0.3, 0.4) is 0 Å². The van der Waals surface area contributed by atoms with Gasteiger partial charge in [0.25, 0.3) is 0 Å². The third-order valence-electron chi connectivity index (χ3n) is 3.29. The first-order valence-corrected chi connectivity index (χ1v) is 5.38. The van der Waals surface area contributed by atoms with E-state index in [-0.39, 0.29) is 6.10 Å². The number of hydrogen-bond acceptors (Lipinski definition) is 1. The molecule has 1 unspecified atom stereocenters. The minimum atomic E-state index is -0.236. The maximum atomic E-state index is 9.93. The van der Waals surface area contributed by atoms with Gasteiger partial charge in [-0.15, -0.1) is 0 Å². The van der Waals surface area contributed by atoms with Crippen molar-refractivity contribution in [3.05, 3.63) is 34.4 Å². The topological polar surface area (TPSA) is 20.2 Å². The molecule has 0 saturated heterocycles. The fraction of sp³-hybridized carbons (Fsp3) is 0.538. The quantitative estimate of drug-likeness (QED) is 0.666. The molecule has 2 atom stereocenters. The first-order chi connectivity index (χ1) is 6.59. The van der Waals surface area contributed by atoms with Crippen LogP contribution in [-0.4, -0.2) is 5.11 Å². The maximum absolute atomic E-state index is 9.93. The number of benzene rings is 1. The van der Waals surface area contributed by atoms with Gasteiger partial charge in [0.1, 0.15) is 0 Å². The van der Waals surface area contributed by atoms with Crippen molar-refractivity contribution in [1.82, 2.24) is 0 Å². The molecular weight excluding hydrogens is 172 g/mol. The Morgan fingerprint density at radius 2 is 1.93 bits per heavy atom. The van der Waals surface area contributed by atoms with Gasteiger partial charge in [0.05, 0.1) is 6.10 Å². The van der Waals surface area contributed by atoms with Crippen molar-refractivity contribution in [3.8, 4) is 0 Å². The molecule has 0 bridgehead atoms. The van der Waals surface area contributed by atoms with Gasteiger partial charge < -0.3 is 5.11 Å². The predicted octanol–water partition coefficient (Wildman–Crippen LogP) is 3.23. The Hall–Kier alpha value is -0.820. The molecule has 76 valence electrons. The second-order valence-corrected chi connectivity index (χ2v) is 4.58. The summed E-state index contributed by atoms with van der Waals surface area (Å²) < 4.78 is 0.